The molecule has 0 saturated heterocycles. The number of anilines is 2. The zero-order chi connectivity index (χ0) is 15.7. The highest BCUT2D eigenvalue weighted by molar-refractivity contribution is 5.95. The summed E-state index contributed by atoms with van der Waals surface area (Å²) in [4.78, 5) is 23.0. The average molecular weight is 328 g/mol. The lowest BCUT2D eigenvalue weighted by molar-refractivity contribution is -0.116. The van der Waals surface area contributed by atoms with E-state index in [0.29, 0.717) is 13.0 Å². The Hall–Kier alpha value is -1.59. The van der Waals surface area contributed by atoms with Crippen LogP contribution in [0.15, 0.2) is 18.2 Å². The molecule has 2 amide bonds. The fourth-order valence-electron chi connectivity index (χ4n) is 2.09. The molecule has 0 radical (unpaired) electrons. The van der Waals surface area contributed by atoms with E-state index in [-0.39, 0.29) is 24.2 Å². The van der Waals surface area contributed by atoms with Crippen LogP contribution >= 0.6 is 12.4 Å². The van der Waals surface area contributed by atoms with E-state index in [9.17, 15) is 9.59 Å². The molecule has 0 aliphatic rings. The Labute approximate surface area is 138 Å². The predicted octanol–water partition coefficient (Wildman–Crippen LogP) is 3.22. The smallest absolute Gasteiger partial charge is 0.224 e. The first kappa shape index (κ1) is 20.4. The van der Waals surface area contributed by atoms with Gasteiger partial charge < -0.3 is 16.4 Å². The minimum absolute atomic E-state index is 0. The summed E-state index contributed by atoms with van der Waals surface area (Å²) in [5.74, 6) is -0.118. The number of nitrogens with one attached hydrogen (secondary N) is 2. The fourth-order valence-corrected chi connectivity index (χ4v) is 2.09. The second kappa shape index (κ2) is 11.0. The SMILES string of the molecule is CC(=O)Nc1cccc(NC(=O)CCCCCCN)c1C.Cl. The number of benzene rings is 1. The molecular formula is C16H26ClN3O2. The van der Waals surface area contributed by atoms with E-state index in [1.807, 2.05) is 25.1 Å². The maximum absolute atomic E-state index is 11.9. The highest BCUT2D eigenvalue weighted by atomic mass is 35.5. The van der Waals surface area contributed by atoms with Crippen LogP contribution in [0, 0.1) is 6.92 Å². The van der Waals surface area contributed by atoms with Crippen LogP contribution in [-0.2, 0) is 9.59 Å². The molecule has 0 saturated carbocycles. The van der Waals surface area contributed by atoms with Gasteiger partial charge in [0.2, 0.25) is 11.8 Å². The summed E-state index contributed by atoms with van der Waals surface area (Å²) in [5.41, 5.74) is 7.76. The summed E-state index contributed by atoms with van der Waals surface area (Å²) in [6.45, 7) is 4.05. The monoisotopic (exact) mass is 327 g/mol. The predicted molar refractivity (Wildman–Crippen MR) is 93.5 cm³/mol. The molecule has 5 nitrogen and oxygen atoms in total. The third-order valence-electron chi connectivity index (χ3n) is 3.28. The van der Waals surface area contributed by atoms with E-state index in [4.69, 9.17) is 5.73 Å². The van der Waals surface area contributed by atoms with E-state index in [1.54, 1.807) is 0 Å². The van der Waals surface area contributed by atoms with Crippen molar-refractivity contribution >= 4 is 35.6 Å². The number of amides is 2. The Morgan fingerprint density at radius 1 is 1.05 bits per heavy atom. The van der Waals surface area contributed by atoms with Crippen molar-refractivity contribution in [2.45, 2.75) is 46.0 Å². The highest BCUT2D eigenvalue weighted by Gasteiger charge is 2.08. The van der Waals surface area contributed by atoms with Gasteiger partial charge >= 0.3 is 0 Å². The zero-order valence-corrected chi connectivity index (χ0v) is 14.1. The molecule has 0 bridgehead atoms. The molecule has 0 aliphatic carbocycles. The minimum Gasteiger partial charge on any atom is -0.330 e. The molecule has 4 N–H and O–H groups in total. The zero-order valence-electron chi connectivity index (χ0n) is 13.3. The van der Waals surface area contributed by atoms with Gasteiger partial charge in [-0.1, -0.05) is 18.9 Å². The van der Waals surface area contributed by atoms with Gasteiger partial charge in [-0.25, -0.2) is 0 Å². The van der Waals surface area contributed by atoms with Gasteiger partial charge in [-0.3, -0.25) is 9.59 Å². The summed E-state index contributed by atoms with van der Waals surface area (Å²) in [6.07, 6.45) is 4.49. The van der Waals surface area contributed by atoms with E-state index < -0.39 is 0 Å². The Morgan fingerprint density at radius 2 is 1.64 bits per heavy atom. The van der Waals surface area contributed by atoms with Crippen molar-refractivity contribution in [1.82, 2.24) is 0 Å². The normalized spacial score (nSPS) is 9.77. The maximum atomic E-state index is 11.9. The first-order chi connectivity index (χ1) is 10.0. The lowest BCUT2D eigenvalue weighted by atomic mass is 10.1. The van der Waals surface area contributed by atoms with Crippen molar-refractivity contribution in [2.24, 2.45) is 5.73 Å². The van der Waals surface area contributed by atoms with Crippen molar-refractivity contribution in [1.29, 1.82) is 0 Å². The molecule has 0 fully saturated rings. The highest BCUT2D eigenvalue weighted by Crippen LogP contribution is 2.23. The summed E-state index contributed by atoms with van der Waals surface area (Å²) in [6, 6.07) is 5.47. The van der Waals surface area contributed by atoms with Crippen molar-refractivity contribution in [3.8, 4) is 0 Å². The van der Waals surface area contributed by atoms with Crippen LogP contribution in [-0.4, -0.2) is 18.4 Å². The number of carbonyl (C=O) groups is 2. The molecule has 0 aliphatic heterocycles. The van der Waals surface area contributed by atoms with Crippen LogP contribution in [0.3, 0.4) is 0 Å². The average Bonchev–Trinajstić information content (AvgIpc) is 2.42. The second-order valence-electron chi connectivity index (χ2n) is 5.16. The Balaban J connectivity index is 0.00000441. The van der Waals surface area contributed by atoms with Gasteiger partial charge in [0, 0.05) is 24.7 Å². The largest absolute Gasteiger partial charge is 0.330 e. The summed E-state index contributed by atoms with van der Waals surface area (Å²) in [7, 11) is 0. The van der Waals surface area contributed by atoms with E-state index in [1.165, 1.54) is 6.92 Å². The number of nitrogens with two attached hydrogens (primary N) is 1. The van der Waals surface area contributed by atoms with Crippen LogP contribution in [0.2, 0.25) is 0 Å². The van der Waals surface area contributed by atoms with Gasteiger partial charge in [0.1, 0.15) is 0 Å². The van der Waals surface area contributed by atoms with Crippen LogP contribution in [0.25, 0.3) is 0 Å². The Morgan fingerprint density at radius 3 is 2.23 bits per heavy atom. The molecule has 22 heavy (non-hydrogen) atoms. The van der Waals surface area contributed by atoms with E-state index >= 15 is 0 Å². The van der Waals surface area contributed by atoms with Gasteiger partial charge in [0.25, 0.3) is 0 Å². The molecule has 0 spiro atoms. The van der Waals surface area contributed by atoms with Crippen molar-refractivity contribution in [2.75, 3.05) is 17.2 Å². The Kier molecular flexibility index (Phi) is 10.2. The maximum Gasteiger partial charge on any atom is 0.224 e. The molecular weight excluding hydrogens is 302 g/mol. The fraction of sp³-hybridized carbons (Fsp3) is 0.500. The molecule has 1 rings (SSSR count). The van der Waals surface area contributed by atoms with Crippen molar-refractivity contribution in [3.63, 3.8) is 0 Å². The standard InChI is InChI=1S/C16H25N3O2.ClH/c1-12-14(18-13(2)20)8-7-9-15(12)19-16(21)10-5-3-4-6-11-17;/h7-9H,3-6,10-11,17H2,1-2H3,(H,18,20)(H,19,21);1H. The van der Waals surface area contributed by atoms with Crippen molar-refractivity contribution < 1.29 is 9.59 Å². The van der Waals surface area contributed by atoms with Crippen LogP contribution in [0.5, 0.6) is 0 Å². The lowest BCUT2D eigenvalue weighted by Gasteiger charge is -2.12. The topological polar surface area (TPSA) is 84.2 Å². The number of carbonyl (C=O) groups excluding carboxylic acids is 2. The van der Waals surface area contributed by atoms with Crippen LogP contribution in [0.1, 0.15) is 44.6 Å². The Bertz CT molecular complexity index is 492. The van der Waals surface area contributed by atoms with Crippen LogP contribution < -0.4 is 16.4 Å². The van der Waals surface area contributed by atoms with Gasteiger partial charge in [0.05, 0.1) is 0 Å². The first-order valence-electron chi connectivity index (χ1n) is 7.41. The number of hydrogen-bond acceptors (Lipinski definition) is 3. The van der Waals surface area contributed by atoms with Crippen molar-refractivity contribution in [3.05, 3.63) is 23.8 Å². The number of unbranched alkanes of at least 4 members (excludes halogenated alkanes) is 3. The summed E-state index contributed by atoms with van der Waals surface area (Å²) < 4.78 is 0. The lowest BCUT2D eigenvalue weighted by Crippen LogP contribution is -2.13. The molecule has 6 heteroatoms. The number of rotatable bonds is 8. The third kappa shape index (κ3) is 7.43. The van der Waals surface area contributed by atoms with Gasteiger partial charge in [0.15, 0.2) is 0 Å². The molecule has 0 heterocycles. The summed E-state index contributed by atoms with van der Waals surface area (Å²) >= 11 is 0. The second-order valence-corrected chi connectivity index (χ2v) is 5.16. The van der Waals surface area contributed by atoms with Crippen LogP contribution in [0.4, 0.5) is 11.4 Å². The first-order valence-corrected chi connectivity index (χ1v) is 7.41. The number of hydrogen-bond donors (Lipinski definition) is 3. The summed E-state index contributed by atoms with van der Waals surface area (Å²) in [5, 5.41) is 5.65. The van der Waals surface area contributed by atoms with Gasteiger partial charge in [-0.15, -0.1) is 12.4 Å². The molecule has 1 aromatic carbocycles. The number of halogens is 1. The molecule has 1 aromatic rings. The minimum atomic E-state index is -0.124. The van der Waals surface area contributed by atoms with Gasteiger partial charge in [-0.05, 0) is 44.0 Å². The quantitative estimate of drug-likeness (QED) is 0.641. The van der Waals surface area contributed by atoms with E-state index in [2.05, 4.69) is 10.6 Å². The third-order valence-corrected chi connectivity index (χ3v) is 3.28. The molecule has 0 atom stereocenters. The van der Waals surface area contributed by atoms with E-state index in [0.717, 1.165) is 42.6 Å². The molecule has 124 valence electrons. The molecule has 0 aromatic heterocycles. The molecule has 0 unspecified atom stereocenters. The van der Waals surface area contributed by atoms with Gasteiger partial charge in [-0.2, -0.15) is 0 Å².